The second-order valence-corrected chi connectivity index (χ2v) is 8.19. The number of hydrogen-bond donors (Lipinski definition) is 0. The van der Waals surface area contributed by atoms with Crippen LogP contribution in [0.25, 0.3) is 0 Å². The Hall–Kier alpha value is -3.04. The standard InChI is InChI=1S/C28H28O3/c29-27(22-14-6-2-7-15-22)25(28(30)23-16-8-3-9-17-23)20-26(21-12-4-1-5-13-21)31-24-18-10-11-19-24/h1-9,12-17,24-26H,10-11,18-20H2. The van der Waals surface area contributed by atoms with Gasteiger partial charge in [0, 0.05) is 11.1 Å². The molecule has 1 saturated carbocycles. The van der Waals surface area contributed by atoms with Gasteiger partial charge in [0.25, 0.3) is 0 Å². The van der Waals surface area contributed by atoms with Gasteiger partial charge in [0.05, 0.1) is 18.1 Å². The van der Waals surface area contributed by atoms with E-state index in [1.165, 1.54) is 12.8 Å². The minimum atomic E-state index is -0.795. The molecular formula is C28H28O3. The molecule has 0 aliphatic heterocycles. The van der Waals surface area contributed by atoms with Crippen molar-refractivity contribution in [1.82, 2.24) is 0 Å². The maximum absolute atomic E-state index is 13.5. The number of ketones is 2. The average molecular weight is 413 g/mol. The largest absolute Gasteiger partial charge is 0.370 e. The number of hydrogen-bond acceptors (Lipinski definition) is 3. The van der Waals surface area contributed by atoms with Crippen LogP contribution in [-0.2, 0) is 4.74 Å². The minimum absolute atomic E-state index is 0.148. The van der Waals surface area contributed by atoms with Crippen LogP contribution in [0.5, 0.6) is 0 Å². The molecule has 0 spiro atoms. The normalized spacial score (nSPS) is 15.1. The van der Waals surface area contributed by atoms with Crippen LogP contribution in [0.15, 0.2) is 91.0 Å². The van der Waals surface area contributed by atoms with E-state index in [2.05, 4.69) is 0 Å². The highest BCUT2D eigenvalue weighted by Crippen LogP contribution is 2.34. The van der Waals surface area contributed by atoms with Crippen molar-refractivity contribution in [2.24, 2.45) is 5.92 Å². The number of Topliss-reactive ketones (excluding diaryl/α,β-unsaturated/α-hetero) is 2. The third kappa shape index (κ3) is 5.36. The summed E-state index contributed by atoms with van der Waals surface area (Å²) in [5.74, 6) is -1.09. The second kappa shape index (κ2) is 10.3. The number of rotatable bonds is 9. The highest BCUT2D eigenvalue weighted by Gasteiger charge is 2.33. The van der Waals surface area contributed by atoms with E-state index in [-0.39, 0.29) is 23.8 Å². The molecule has 31 heavy (non-hydrogen) atoms. The van der Waals surface area contributed by atoms with E-state index in [0.717, 1.165) is 18.4 Å². The maximum Gasteiger partial charge on any atom is 0.173 e. The average Bonchev–Trinajstić information content (AvgIpc) is 3.36. The van der Waals surface area contributed by atoms with Crippen molar-refractivity contribution in [3.8, 4) is 0 Å². The lowest BCUT2D eigenvalue weighted by atomic mass is 9.84. The Bertz CT molecular complexity index is 925. The third-order valence-electron chi connectivity index (χ3n) is 6.03. The van der Waals surface area contributed by atoms with E-state index in [1.54, 1.807) is 24.3 Å². The zero-order valence-electron chi connectivity index (χ0n) is 17.7. The second-order valence-electron chi connectivity index (χ2n) is 8.19. The summed E-state index contributed by atoms with van der Waals surface area (Å²) >= 11 is 0. The predicted molar refractivity (Wildman–Crippen MR) is 122 cm³/mol. The molecule has 0 saturated heterocycles. The lowest BCUT2D eigenvalue weighted by Gasteiger charge is -2.26. The van der Waals surface area contributed by atoms with Gasteiger partial charge in [-0.05, 0) is 24.8 Å². The fourth-order valence-corrected chi connectivity index (χ4v) is 4.35. The zero-order valence-corrected chi connectivity index (χ0v) is 17.7. The van der Waals surface area contributed by atoms with E-state index < -0.39 is 5.92 Å². The maximum atomic E-state index is 13.5. The van der Waals surface area contributed by atoms with Gasteiger partial charge in [0.15, 0.2) is 11.6 Å². The molecule has 3 nitrogen and oxygen atoms in total. The molecule has 0 amide bonds. The molecule has 1 aliphatic rings. The van der Waals surface area contributed by atoms with Crippen LogP contribution >= 0.6 is 0 Å². The van der Waals surface area contributed by atoms with E-state index in [0.29, 0.717) is 17.5 Å². The Labute approximate surface area is 184 Å². The Morgan fingerprint density at radius 3 is 1.65 bits per heavy atom. The summed E-state index contributed by atoms with van der Waals surface area (Å²) in [5, 5.41) is 0. The first-order valence-corrected chi connectivity index (χ1v) is 11.1. The van der Waals surface area contributed by atoms with Crippen LogP contribution in [0.1, 0.15) is 64.5 Å². The predicted octanol–water partition coefficient (Wildman–Crippen LogP) is 6.46. The van der Waals surface area contributed by atoms with Gasteiger partial charge in [0.2, 0.25) is 0 Å². The topological polar surface area (TPSA) is 43.4 Å². The van der Waals surface area contributed by atoms with Crippen LogP contribution in [0.3, 0.4) is 0 Å². The summed E-state index contributed by atoms with van der Waals surface area (Å²) in [7, 11) is 0. The van der Waals surface area contributed by atoms with Crippen molar-refractivity contribution in [2.45, 2.75) is 44.3 Å². The summed E-state index contributed by atoms with van der Waals surface area (Å²) < 4.78 is 6.50. The Morgan fingerprint density at radius 1 is 0.710 bits per heavy atom. The molecule has 1 aliphatic carbocycles. The number of carbonyl (C=O) groups excluding carboxylic acids is 2. The Balaban J connectivity index is 1.66. The summed E-state index contributed by atoms with van der Waals surface area (Å²) in [6, 6.07) is 28.2. The van der Waals surface area contributed by atoms with Crippen molar-refractivity contribution in [3.05, 3.63) is 108 Å². The molecule has 0 N–H and O–H groups in total. The molecule has 3 heteroatoms. The molecule has 0 heterocycles. The number of carbonyl (C=O) groups is 2. The lowest BCUT2D eigenvalue weighted by Crippen LogP contribution is -2.28. The third-order valence-corrected chi connectivity index (χ3v) is 6.03. The first kappa shape index (κ1) is 21.2. The van der Waals surface area contributed by atoms with Gasteiger partial charge < -0.3 is 4.74 Å². The van der Waals surface area contributed by atoms with Crippen molar-refractivity contribution < 1.29 is 14.3 Å². The van der Waals surface area contributed by atoms with Gasteiger partial charge in [-0.2, -0.15) is 0 Å². The van der Waals surface area contributed by atoms with E-state index >= 15 is 0 Å². The lowest BCUT2D eigenvalue weighted by molar-refractivity contribution is -0.0195. The molecule has 0 radical (unpaired) electrons. The molecule has 0 aromatic heterocycles. The van der Waals surface area contributed by atoms with Crippen LogP contribution < -0.4 is 0 Å². The molecule has 0 bridgehead atoms. The van der Waals surface area contributed by atoms with Crippen molar-refractivity contribution in [1.29, 1.82) is 0 Å². The van der Waals surface area contributed by atoms with Crippen LogP contribution in [0.2, 0.25) is 0 Å². The minimum Gasteiger partial charge on any atom is -0.370 e. The molecule has 4 rings (SSSR count). The van der Waals surface area contributed by atoms with Crippen LogP contribution in [0, 0.1) is 5.92 Å². The number of benzene rings is 3. The Morgan fingerprint density at radius 2 is 1.16 bits per heavy atom. The smallest absolute Gasteiger partial charge is 0.173 e. The first-order valence-electron chi connectivity index (χ1n) is 11.1. The van der Waals surface area contributed by atoms with Gasteiger partial charge >= 0.3 is 0 Å². The number of ether oxygens (including phenoxy) is 1. The van der Waals surface area contributed by atoms with Gasteiger partial charge in [-0.1, -0.05) is 104 Å². The van der Waals surface area contributed by atoms with E-state index in [1.807, 2.05) is 66.7 Å². The van der Waals surface area contributed by atoms with Gasteiger partial charge in [-0.15, -0.1) is 0 Å². The molecule has 1 unspecified atom stereocenters. The van der Waals surface area contributed by atoms with Crippen molar-refractivity contribution in [3.63, 3.8) is 0 Å². The highest BCUT2D eigenvalue weighted by atomic mass is 16.5. The Kier molecular flexibility index (Phi) is 7.06. The fourth-order valence-electron chi connectivity index (χ4n) is 4.35. The highest BCUT2D eigenvalue weighted by molar-refractivity contribution is 6.16. The SMILES string of the molecule is O=C(c1ccccc1)C(CC(OC1CCCC1)c1ccccc1)C(=O)c1ccccc1. The first-order chi connectivity index (χ1) is 15.2. The molecule has 3 aromatic carbocycles. The molecule has 158 valence electrons. The zero-order chi connectivity index (χ0) is 21.5. The monoisotopic (exact) mass is 412 g/mol. The van der Waals surface area contributed by atoms with Crippen LogP contribution in [-0.4, -0.2) is 17.7 Å². The summed E-state index contributed by atoms with van der Waals surface area (Å²) in [6.45, 7) is 0. The van der Waals surface area contributed by atoms with Gasteiger partial charge in [-0.3, -0.25) is 9.59 Å². The molecule has 1 fully saturated rings. The molecule has 1 atom stereocenters. The van der Waals surface area contributed by atoms with E-state index in [4.69, 9.17) is 4.74 Å². The quantitative estimate of drug-likeness (QED) is 0.299. The van der Waals surface area contributed by atoms with Crippen molar-refractivity contribution in [2.75, 3.05) is 0 Å². The molecular weight excluding hydrogens is 384 g/mol. The van der Waals surface area contributed by atoms with Crippen molar-refractivity contribution >= 4 is 11.6 Å². The summed E-state index contributed by atoms with van der Waals surface area (Å²) in [5.41, 5.74) is 2.13. The van der Waals surface area contributed by atoms with Gasteiger partial charge in [0.1, 0.15) is 0 Å². The molecule has 3 aromatic rings. The summed E-state index contributed by atoms with van der Waals surface area (Å²) in [6.07, 6.45) is 4.63. The van der Waals surface area contributed by atoms with Gasteiger partial charge in [-0.25, -0.2) is 0 Å². The summed E-state index contributed by atoms with van der Waals surface area (Å²) in [4.78, 5) is 27.0. The fraction of sp³-hybridized carbons (Fsp3) is 0.286. The van der Waals surface area contributed by atoms with Crippen LogP contribution in [0.4, 0.5) is 0 Å². The van der Waals surface area contributed by atoms with E-state index in [9.17, 15) is 9.59 Å².